The second kappa shape index (κ2) is 7.72. The molecule has 3 aromatic rings. The maximum atomic E-state index is 11.6. The van der Waals surface area contributed by atoms with Gasteiger partial charge in [0, 0.05) is 27.5 Å². The number of aromatic nitrogens is 2. The Kier molecular flexibility index (Phi) is 5.40. The largest absolute Gasteiger partial charge is 0.496 e. The van der Waals surface area contributed by atoms with Crippen molar-refractivity contribution in [2.24, 2.45) is 0 Å². The highest BCUT2D eigenvalue weighted by Gasteiger charge is 2.12. The fourth-order valence-corrected chi connectivity index (χ4v) is 3.09. The van der Waals surface area contributed by atoms with Crippen molar-refractivity contribution in [1.29, 1.82) is 0 Å². The van der Waals surface area contributed by atoms with Crippen LogP contribution in [0.3, 0.4) is 0 Å². The summed E-state index contributed by atoms with van der Waals surface area (Å²) < 4.78 is 11.0. The minimum absolute atomic E-state index is 0.0108. The lowest BCUT2D eigenvalue weighted by Crippen LogP contribution is -1.96. The second-order valence-electron chi connectivity index (χ2n) is 5.25. The standard InChI is InChI=1S/C18H15ClN2O3S/c1-11(22)13-5-8-16(23-2)14(9-13)10-25-18-21-20-17(24-18)12-3-6-15(19)7-4-12/h3-9H,10H2,1-2H3. The first kappa shape index (κ1) is 17.5. The quantitative estimate of drug-likeness (QED) is 0.452. The normalized spacial score (nSPS) is 10.7. The van der Waals surface area contributed by atoms with Crippen LogP contribution in [0.4, 0.5) is 0 Å². The summed E-state index contributed by atoms with van der Waals surface area (Å²) in [4.78, 5) is 11.6. The third-order valence-electron chi connectivity index (χ3n) is 3.54. The van der Waals surface area contributed by atoms with Crippen LogP contribution >= 0.6 is 23.4 Å². The highest BCUT2D eigenvalue weighted by atomic mass is 35.5. The third-order valence-corrected chi connectivity index (χ3v) is 4.65. The van der Waals surface area contributed by atoms with Gasteiger partial charge in [-0.25, -0.2) is 0 Å². The first-order chi connectivity index (χ1) is 12.1. The molecular weight excluding hydrogens is 360 g/mol. The minimum Gasteiger partial charge on any atom is -0.496 e. The number of carbonyl (C=O) groups is 1. The van der Waals surface area contributed by atoms with Gasteiger partial charge in [0.05, 0.1) is 7.11 Å². The van der Waals surface area contributed by atoms with Crippen LogP contribution in [0.25, 0.3) is 11.5 Å². The molecule has 0 amide bonds. The molecule has 3 rings (SSSR count). The SMILES string of the molecule is COc1ccc(C(C)=O)cc1CSc1nnc(-c2ccc(Cl)cc2)o1. The van der Waals surface area contributed by atoms with E-state index >= 15 is 0 Å². The third kappa shape index (κ3) is 4.21. The predicted molar refractivity (Wildman–Crippen MR) is 97.3 cm³/mol. The first-order valence-corrected chi connectivity index (χ1v) is 8.83. The highest BCUT2D eigenvalue weighted by molar-refractivity contribution is 7.98. The van der Waals surface area contributed by atoms with E-state index in [9.17, 15) is 4.79 Å². The lowest BCUT2D eigenvalue weighted by molar-refractivity contribution is 0.101. The van der Waals surface area contributed by atoms with Gasteiger partial charge in [-0.05, 0) is 49.4 Å². The number of carbonyl (C=O) groups excluding carboxylic acids is 1. The van der Waals surface area contributed by atoms with E-state index in [0.29, 0.717) is 27.5 Å². The van der Waals surface area contributed by atoms with Crippen molar-refractivity contribution in [2.45, 2.75) is 17.9 Å². The summed E-state index contributed by atoms with van der Waals surface area (Å²) in [5.74, 6) is 1.71. The molecule has 0 aliphatic carbocycles. The molecule has 0 bridgehead atoms. The van der Waals surface area contributed by atoms with Gasteiger partial charge in [0.1, 0.15) is 5.75 Å². The molecule has 0 aliphatic rings. The Morgan fingerprint density at radius 1 is 1.20 bits per heavy atom. The molecule has 0 fully saturated rings. The van der Waals surface area contributed by atoms with Crippen molar-refractivity contribution in [3.63, 3.8) is 0 Å². The second-order valence-corrected chi connectivity index (χ2v) is 6.61. The lowest BCUT2D eigenvalue weighted by Gasteiger charge is -2.08. The minimum atomic E-state index is 0.0108. The number of rotatable bonds is 6. The maximum absolute atomic E-state index is 11.6. The van der Waals surface area contributed by atoms with Crippen molar-refractivity contribution >= 4 is 29.1 Å². The molecule has 0 unspecified atom stereocenters. The Labute approximate surface area is 154 Å². The average molecular weight is 375 g/mol. The molecular formula is C18H15ClN2O3S. The van der Waals surface area contributed by atoms with Gasteiger partial charge in [0.25, 0.3) is 5.22 Å². The van der Waals surface area contributed by atoms with E-state index in [0.717, 1.165) is 16.9 Å². The number of benzene rings is 2. The summed E-state index contributed by atoms with van der Waals surface area (Å²) in [6.45, 7) is 1.54. The van der Waals surface area contributed by atoms with Crippen molar-refractivity contribution in [1.82, 2.24) is 10.2 Å². The molecule has 5 nitrogen and oxygen atoms in total. The van der Waals surface area contributed by atoms with Gasteiger partial charge in [-0.15, -0.1) is 10.2 Å². The Hall–Kier alpha value is -2.31. The number of nitrogens with zero attached hydrogens (tertiary/aromatic N) is 2. The Balaban J connectivity index is 1.75. The first-order valence-electron chi connectivity index (χ1n) is 7.47. The summed E-state index contributed by atoms with van der Waals surface area (Å²) in [5.41, 5.74) is 2.34. The van der Waals surface area contributed by atoms with E-state index < -0.39 is 0 Å². The van der Waals surface area contributed by atoms with Crippen molar-refractivity contribution in [3.8, 4) is 17.2 Å². The molecule has 0 saturated heterocycles. The van der Waals surface area contributed by atoms with E-state index in [-0.39, 0.29) is 5.78 Å². The zero-order chi connectivity index (χ0) is 17.8. The van der Waals surface area contributed by atoms with Gasteiger partial charge in [-0.2, -0.15) is 0 Å². The average Bonchev–Trinajstić information content (AvgIpc) is 3.09. The number of Topliss-reactive ketones (excluding diaryl/α,β-unsaturated/α-hetero) is 1. The zero-order valence-electron chi connectivity index (χ0n) is 13.7. The molecule has 0 radical (unpaired) electrons. The van der Waals surface area contributed by atoms with Gasteiger partial charge < -0.3 is 9.15 Å². The predicted octanol–water partition coefficient (Wildman–Crippen LogP) is 4.89. The molecule has 0 aliphatic heterocycles. The van der Waals surface area contributed by atoms with Crippen LogP contribution in [-0.2, 0) is 5.75 Å². The van der Waals surface area contributed by atoms with Gasteiger partial charge in [-0.3, -0.25) is 4.79 Å². The summed E-state index contributed by atoms with van der Waals surface area (Å²) in [6.07, 6.45) is 0. The molecule has 0 saturated carbocycles. The molecule has 0 atom stereocenters. The van der Waals surface area contributed by atoms with Gasteiger partial charge in [-0.1, -0.05) is 23.4 Å². The fraction of sp³-hybridized carbons (Fsp3) is 0.167. The fourth-order valence-electron chi connectivity index (χ4n) is 2.23. The van der Waals surface area contributed by atoms with Gasteiger partial charge in [0.15, 0.2) is 5.78 Å². The Morgan fingerprint density at radius 3 is 2.64 bits per heavy atom. The highest BCUT2D eigenvalue weighted by Crippen LogP contribution is 2.30. The maximum Gasteiger partial charge on any atom is 0.277 e. The van der Waals surface area contributed by atoms with E-state index in [1.54, 1.807) is 31.4 Å². The molecule has 0 spiro atoms. The van der Waals surface area contributed by atoms with E-state index in [2.05, 4.69) is 10.2 Å². The molecule has 0 N–H and O–H groups in total. The summed E-state index contributed by atoms with van der Waals surface area (Å²) >= 11 is 7.26. The molecule has 1 aromatic heterocycles. The van der Waals surface area contributed by atoms with Crippen LogP contribution in [0, 0.1) is 0 Å². The molecule has 7 heteroatoms. The smallest absolute Gasteiger partial charge is 0.277 e. The summed E-state index contributed by atoms with van der Waals surface area (Å²) in [7, 11) is 1.60. The van der Waals surface area contributed by atoms with E-state index in [1.807, 2.05) is 18.2 Å². The number of hydrogen-bond donors (Lipinski definition) is 0. The van der Waals surface area contributed by atoms with Crippen LogP contribution in [0.15, 0.2) is 52.1 Å². The van der Waals surface area contributed by atoms with Crippen LogP contribution in [0.2, 0.25) is 5.02 Å². The number of thioether (sulfide) groups is 1. The monoisotopic (exact) mass is 374 g/mol. The molecule has 25 heavy (non-hydrogen) atoms. The molecule has 1 heterocycles. The van der Waals surface area contributed by atoms with Crippen molar-refractivity contribution in [3.05, 3.63) is 58.6 Å². The lowest BCUT2D eigenvalue weighted by atomic mass is 10.1. The summed E-state index contributed by atoms with van der Waals surface area (Å²) in [5, 5.41) is 9.19. The van der Waals surface area contributed by atoms with Crippen LogP contribution in [-0.4, -0.2) is 23.1 Å². The number of ketones is 1. The van der Waals surface area contributed by atoms with Crippen LogP contribution < -0.4 is 4.74 Å². The Bertz CT molecular complexity index is 894. The number of hydrogen-bond acceptors (Lipinski definition) is 6. The van der Waals surface area contributed by atoms with Gasteiger partial charge in [0.2, 0.25) is 5.89 Å². The van der Waals surface area contributed by atoms with E-state index in [4.69, 9.17) is 20.8 Å². The molecule has 2 aromatic carbocycles. The van der Waals surface area contributed by atoms with Gasteiger partial charge >= 0.3 is 0 Å². The summed E-state index contributed by atoms with van der Waals surface area (Å²) in [6, 6.07) is 12.6. The van der Waals surface area contributed by atoms with E-state index in [1.165, 1.54) is 18.7 Å². The number of ether oxygens (including phenoxy) is 1. The number of methoxy groups -OCH3 is 1. The Morgan fingerprint density at radius 2 is 1.96 bits per heavy atom. The topological polar surface area (TPSA) is 65.2 Å². The van der Waals surface area contributed by atoms with Crippen LogP contribution in [0.5, 0.6) is 5.75 Å². The number of halogens is 1. The zero-order valence-corrected chi connectivity index (χ0v) is 15.2. The molecule has 128 valence electrons. The van der Waals surface area contributed by atoms with Crippen molar-refractivity contribution in [2.75, 3.05) is 7.11 Å². The van der Waals surface area contributed by atoms with Crippen LogP contribution in [0.1, 0.15) is 22.8 Å². The van der Waals surface area contributed by atoms with Crippen molar-refractivity contribution < 1.29 is 13.9 Å².